The fraction of sp³-hybridized carbons (Fsp3) is 0.250. The first-order valence-corrected chi connectivity index (χ1v) is 4.67. The van der Waals surface area contributed by atoms with E-state index in [2.05, 4.69) is 15.9 Å². The third kappa shape index (κ3) is 2.50. The zero-order chi connectivity index (χ0) is 10.7. The Balaban J connectivity index is 3.13. The van der Waals surface area contributed by atoms with E-state index < -0.39 is 11.0 Å². The first kappa shape index (κ1) is 11.1. The molecule has 1 rings (SSSR count). The lowest BCUT2D eigenvalue weighted by atomic mass is 10.1. The Morgan fingerprint density at radius 2 is 2.21 bits per heavy atom. The SMILES string of the molecule is NC[C@@H](O)c1cc(Br)cc([N+](=O)[O-])c1. The summed E-state index contributed by atoms with van der Waals surface area (Å²) in [6.07, 6.45) is -0.869. The van der Waals surface area contributed by atoms with E-state index in [-0.39, 0.29) is 12.2 Å². The van der Waals surface area contributed by atoms with E-state index in [4.69, 9.17) is 5.73 Å². The molecule has 0 saturated carbocycles. The molecule has 0 spiro atoms. The van der Waals surface area contributed by atoms with Crippen molar-refractivity contribution in [3.8, 4) is 0 Å². The third-order valence-electron chi connectivity index (χ3n) is 1.72. The fourth-order valence-corrected chi connectivity index (χ4v) is 1.53. The van der Waals surface area contributed by atoms with Crippen molar-refractivity contribution in [2.75, 3.05) is 6.54 Å². The number of nitrogens with zero attached hydrogens (tertiary/aromatic N) is 1. The zero-order valence-corrected chi connectivity index (χ0v) is 8.77. The van der Waals surface area contributed by atoms with Crippen LogP contribution in [0.1, 0.15) is 11.7 Å². The molecule has 1 atom stereocenters. The highest BCUT2D eigenvalue weighted by atomic mass is 79.9. The van der Waals surface area contributed by atoms with Crippen molar-refractivity contribution in [1.29, 1.82) is 0 Å². The molecule has 0 heterocycles. The average molecular weight is 261 g/mol. The molecule has 1 aromatic carbocycles. The van der Waals surface area contributed by atoms with Gasteiger partial charge in [0.15, 0.2) is 0 Å². The van der Waals surface area contributed by atoms with Crippen molar-refractivity contribution >= 4 is 21.6 Å². The van der Waals surface area contributed by atoms with Crippen molar-refractivity contribution in [2.24, 2.45) is 5.73 Å². The van der Waals surface area contributed by atoms with Crippen LogP contribution < -0.4 is 5.73 Å². The summed E-state index contributed by atoms with van der Waals surface area (Å²) in [5.41, 5.74) is 5.62. The Morgan fingerprint density at radius 3 is 2.71 bits per heavy atom. The van der Waals surface area contributed by atoms with Gasteiger partial charge in [0.1, 0.15) is 0 Å². The molecule has 6 heteroatoms. The molecular formula is C8H9BrN2O3. The number of nitrogens with two attached hydrogens (primary N) is 1. The van der Waals surface area contributed by atoms with Crippen LogP contribution in [-0.4, -0.2) is 16.6 Å². The van der Waals surface area contributed by atoms with Gasteiger partial charge in [-0.25, -0.2) is 0 Å². The van der Waals surface area contributed by atoms with Crippen LogP contribution in [0.5, 0.6) is 0 Å². The number of hydrogen-bond donors (Lipinski definition) is 2. The molecule has 0 aromatic heterocycles. The number of non-ortho nitro benzene ring substituents is 1. The predicted molar refractivity (Wildman–Crippen MR) is 54.8 cm³/mol. The number of hydrogen-bond acceptors (Lipinski definition) is 4. The van der Waals surface area contributed by atoms with Crippen molar-refractivity contribution in [2.45, 2.75) is 6.10 Å². The maximum atomic E-state index is 10.5. The van der Waals surface area contributed by atoms with Crippen molar-refractivity contribution in [3.05, 3.63) is 38.3 Å². The Morgan fingerprint density at radius 1 is 1.57 bits per heavy atom. The lowest BCUT2D eigenvalue weighted by Crippen LogP contribution is -2.11. The lowest BCUT2D eigenvalue weighted by molar-refractivity contribution is -0.385. The molecule has 0 aliphatic rings. The van der Waals surface area contributed by atoms with E-state index in [1.807, 2.05) is 0 Å². The number of benzene rings is 1. The molecule has 1 aromatic rings. The average Bonchev–Trinajstić information content (AvgIpc) is 2.15. The quantitative estimate of drug-likeness (QED) is 0.634. The monoisotopic (exact) mass is 260 g/mol. The van der Waals surface area contributed by atoms with Gasteiger partial charge in [0, 0.05) is 23.2 Å². The maximum Gasteiger partial charge on any atom is 0.270 e. The highest BCUT2D eigenvalue weighted by molar-refractivity contribution is 9.10. The highest BCUT2D eigenvalue weighted by Crippen LogP contribution is 2.24. The molecule has 76 valence electrons. The Kier molecular flexibility index (Phi) is 3.56. The number of aliphatic hydroxyl groups is 1. The van der Waals surface area contributed by atoms with E-state index in [0.717, 1.165) is 0 Å². The predicted octanol–water partition coefficient (Wildman–Crippen LogP) is 1.35. The number of aliphatic hydroxyl groups excluding tert-OH is 1. The fourth-order valence-electron chi connectivity index (χ4n) is 1.03. The van der Waals surface area contributed by atoms with Crippen LogP contribution in [-0.2, 0) is 0 Å². The summed E-state index contributed by atoms with van der Waals surface area (Å²) in [6, 6.07) is 4.28. The molecule has 0 radical (unpaired) electrons. The van der Waals surface area contributed by atoms with Gasteiger partial charge in [0.2, 0.25) is 0 Å². The van der Waals surface area contributed by atoms with E-state index in [0.29, 0.717) is 10.0 Å². The van der Waals surface area contributed by atoms with E-state index >= 15 is 0 Å². The van der Waals surface area contributed by atoms with Crippen LogP contribution in [0.3, 0.4) is 0 Å². The minimum Gasteiger partial charge on any atom is -0.387 e. The number of nitro groups is 1. The molecule has 0 aliphatic heterocycles. The van der Waals surface area contributed by atoms with Crippen LogP contribution in [0.2, 0.25) is 0 Å². The van der Waals surface area contributed by atoms with Crippen molar-refractivity contribution in [3.63, 3.8) is 0 Å². The molecule has 3 N–H and O–H groups in total. The second-order valence-corrected chi connectivity index (χ2v) is 3.67. The summed E-state index contributed by atoms with van der Waals surface area (Å²) < 4.78 is 0.550. The summed E-state index contributed by atoms with van der Waals surface area (Å²) in [7, 11) is 0. The Labute approximate surface area is 88.8 Å². The Hall–Kier alpha value is -0.980. The van der Waals surface area contributed by atoms with E-state index in [1.54, 1.807) is 6.07 Å². The molecule has 0 fully saturated rings. The molecule has 14 heavy (non-hydrogen) atoms. The van der Waals surface area contributed by atoms with Gasteiger partial charge in [0.25, 0.3) is 5.69 Å². The van der Waals surface area contributed by atoms with Crippen LogP contribution in [0.4, 0.5) is 5.69 Å². The molecule has 0 saturated heterocycles. The summed E-state index contributed by atoms with van der Waals surface area (Å²) in [5, 5.41) is 19.9. The van der Waals surface area contributed by atoms with Gasteiger partial charge in [-0.05, 0) is 11.6 Å². The lowest BCUT2D eigenvalue weighted by Gasteiger charge is -2.07. The highest BCUT2D eigenvalue weighted by Gasteiger charge is 2.12. The van der Waals surface area contributed by atoms with Crippen LogP contribution >= 0.6 is 15.9 Å². The second-order valence-electron chi connectivity index (χ2n) is 2.75. The van der Waals surface area contributed by atoms with E-state index in [9.17, 15) is 15.2 Å². The summed E-state index contributed by atoms with van der Waals surface area (Å²) in [4.78, 5) is 9.97. The van der Waals surface area contributed by atoms with Gasteiger partial charge in [-0.2, -0.15) is 0 Å². The third-order valence-corrected chi connectivity index (χ3v) is 2.18. The van der Waals surface area contributed by atoms with Gasteiger partial charge in [-0.1, -0.05) is 15.9 Å². The van der Waals surface area contributed by atoms with Crippen LogP contribution in [0, 0.1) is 10.1 Å². The van der Waals surface area contributed by atoms with Gasteiger partial charge in [0.05, 0.1) is 11.0 Å². The molecular weight excluding hydrogens is 252 g/mol. The zero-order valence-electron chi connectivity index (χ0n) is 7.18. The van der Waals surface area contributed by atoms with Crippen molar-refractivity contribution in [1.82, 2.24) is 0 Å². The molecule has 0 aliphatic carbocycles. The van der Waals surface area contributed by atoms with Crippen LogP contribution in [0.15, 0.2) is 22.7 Å². The van der Waals surface area contributed by atoms with Gasteiger partial charge >= 0.3 is 0 Å². The second kappa shape index (κ2) is 4.50. The van der Waals surface area contributed by atoms with Crippen molar-refractivity contribution < 1.29 is 10.0 Å². The summed E-state index contributed by atoms with van der Waals surface area (Å²) in [5.74, 6) is 0. The standard InChI is InChI=1S/C8H9BrN2O3/c9-6-1-5(8(12)4-10)2-7(3-6)11(13)14/h1-3,8,12H,4,10H2/t8-/m1/s1. The number of halogens is 1. The largest absolute Gasteiger partial charge is 0.387 e. The first-order chi connectivity index (χ1) is 6.54. The summed E-state index contributed by atoms with van der Waals surface area (Å²) >= 11 is 3.12. The normalized spacial score (nSPS) is 12.5. The first-order valence-electron chi connectivity index (χ1n) is 3.87. The summed E-state index contributed by atoms with van der Waals surface area (Å²) in [6.45, 7) is 0.0353. The van der Waals surface area contributed by atoms with Gasteiger partial charge < -0.3 is 10.8 Å². The van der Waals surface area contributed by atoms with Crippen LogP contribution in [0.25, 0.3) is 0 Å². The molecule has 0 bridgehead atoms. The number of rotatable bonds is 3. The van der Waals surface area contributed by atoms with Gasteiger partial charge in [-0.15, -0.1) is 0 Å². The topological polar surface area (TPSA) is 89.4 Å². The number of nitro benzene ring substituents is 1. The minimum atomic E-state index is -0.869. The smallest absolute Gasteiger partial charge is 0.270 e. The molecule has 5 nitrogen and oxygen atoms in total. The maximum absolute atomic E-state index is 10.5. The van der Waals surface area contributed by atoms with Gasteiger partial charge in [-0.3, -0.25) is 10.1 Å². The van der Waals surface area contributed by atoms with E-state index in [1.165, 1.54) is 12.1 Å². The Bertz CT molecular complexity index is 356. The molecule has 0 amide bonds. The minimum absolute atomic E-state index is 0.0353. The molecule has 0 unspecified atom stereocenters.